The first kappa shape index (κ1) is 11.7. The molecule has 78 valence electrons. The zero-order valence-corrected chi connectivity index (χ0v) is 10.6. The van der Waals surface area contributed by atoms with E-state index >= 15 is 0 Å². The minimum atomic E-state index is -3.16. The van der Waals surface area contributed by atoms with E-state index in [9.17, 15) is 8.42 Å². The second kappa shape index (κ2) is 4.45. The largest absolute Gasteiger partial charge is 0.223 e. The van der Waals surface area contributed by atoms with Gasteiger partial charge in [0, 0.05) is 0 Å². The van der Waals surface area contributed by atoms with Gasteiger partial charge in [0.1, 0.15) is 4.66 Å². The molecule has 0 fully saturated rings. The van der Waals surface area contributed by atoms with Crippen molar-refractivity contribution in [2.45, 2.75) is 24.7 Å². The Balaban J connectivity index is 3.35. The first-order valence-corrected chi connectivity index (χ1v) is 7.14. The Labute approximate surface area is 93.4 Å². The van der Waals surface area contributed by atoms with Crippen LogP contribution in [0.2, 0.25) is 0 Å². The standard InChI is InChI=1S/C10H13BrO2S/c1-8(2)9-5-3-4-6-10(9)14(12,13)7-11/h3-6,8H,7H2,1-2H3. The van der Waals surface area contributed by atoms with Crippen LogP contribution in [0.25, 0.3) is 0 Å². The van der Waals surface area contributed by atoms with Gasteiger partial charge in [-0.1, -0.05) is 48.0 Å². The van der Waals surface area contributed by atoms with E-state index in [0.717, 1.165) is 5.56 Å². The van der Waals surface area contributed by atoms with Gasteiger partial charge < -0.3 is 0 Å². The zero-order valence-electron chi connectivity index (χ0n) is 8.20. The van der Waals surface area contributed by atoms with Crippen molar-refractivity contribution in [3.05, 3.63) is 29.8 Å². The molecule has 14 heavy (non-hydrogen) atoms. The van der Waals surface area contributed by atoms with Gasteiger partial charge >= 0.3 is 0 Å². The van der Waals surface area contributed by atoms with Gasteiger partial charge in [-0.05, 0) is 17.5 Å². The summed E-state index contributed by atoms with van der Waals surface area (Å²) in [7, 11) is -3.16. The number of alkyl halides is 1. The van der Waals surface area contributed by atoms with Gasteiger partial charge in [-0.2, -0.15) is 0 Å². The Bertz CT molecular complexity index is 410. The molecule has 0 heterocycles. The van der Waals surface area contributed by atoms with Gasteiger partial charge in [0.15, 0.2) is 9.84 Å². The fraction of sp³-hybridized carbons (Fsp3) is 0.400. The van der Waals surface area contributed by atoms with Crippen LogP contribution < -0.4 is 0 Å². The van der Waals surface area contributed by atoms with Crippen LogP contribution in [0.3, 0.4) is 0 Å². The predicted molar refractivity (Wildman–Crippen MR) is 61.5 cm³/mol. The molecule has 1 aromatic rings. The van der Waals surface area contributed by atoms with Crippen molar-refractivity contribution in [3.63, 3.8) is 0 Å². The number of hydrogen-bond donors (Lipinski definition) is 0. The Morgan fingerprint density at radius 1 is 1.29 bits per heavy atom. The molecule has 0 aromatic heterocycles. The van der Waals surface area contributed by atoms with E-state index in [-0.39, 0.29) is 10.6 Å². The third-order valence-corrected chi connectivity index (χ3v) is 5.16. The van der Waals surface area contributed by atoms with Crippen molar-refractivity contribution in [3.8, 4) is 0 Å². The van der Waals surface area contributed by atoms with Crippen LogP contribution in [0.1, 0.15) is 25.3 Å². The summed E-state index contributed by atoms with van der Waals surface area (Å²) in [6.45, 7) is 3.98. The fourth-order valence-corrected chi connectivity index (χ4v) is 3.11. The van der Waals surface area contributed by atoms with Crippen molar-refractivity contribution >= 4 is 25.8 Å². The Kier molecular flexibility index (Phi) is 3.72. The molecule has 0 aliphatic carbocycles. The number of halogens is 1. The maximum absolute atomic E-state index is 11.7. The number of sulfone groups is 1. The third kappa shape index (κ3) is 2.36. The molecule has 0 aliphatic heterocycles. The van der Waals surface area contributed by atoms with Gasteiger partial charge in [-0.15, -0.1) is 0 Å². The van der Waals surface area contributed by atoms with E-state index in [4.69, 9.17) is 0 Å². The molecular weight excluding hydrogens is 264 g/mol. The predicted octanol–water partition coefficient (Wildman–Crippen LogP) is 2.94. The van der Waals surface area contributed by atoms with Gasteiger partial charge in [0.25, 0.3) is 0 Å². The molecule has 0 aliphatic rings. The lowest BCUT2D eigenvalue weighted by molar-refractivity contribution is 0.599. The minimum absolute atomic E-state index is 0.0241. The Morgan fingerprint density at radius 3 is 2.36 bits per heavy atom. The van der Waals surface area contributed by atoms with Gasteiger partial charge in [-0.3, -0.25) is 0 Å². The second-order valence-corrected chi connectivity index (χ2v) is 6.68. The average molecular weight is 277 g/mol. The third-order valence-electron chi connectivity index (χ3n) is 2.02. The first-order valence-electron chi connectivity index (χ1n) is 4.36. The molecule has 0 atom stereocenters. The van der Waals surface area contributed by atoms with Crippen LogP contribution in [0.4, 0.5) is 0 Å². The van der Waals surface area contributed by atoms with Crippen LogP contribution >= 0.6 is 15.9 Å². The maximum Gasteiger partial charge on any atom is 0.188 e. The lowest BCUT2D eigenvalue weighted by Gasteiger charge is -2.11. The molecule has 1 rings (SSSR count). The summed E-state index contributed by atoms with van der Waals surface area (Å²) in [6, 6.07) is 7.14. The Hall–Kier alpha value is -0.350. The lowest BCUT2D eigenvalue weighted by Crippen LogP contribution is -2.06. The highest BCUT2D eigenvalue weighted by Crippen LogP contribution is 2.24. The number of hydrogen-bond acceptors (Lipinski definition) is 2. The molecule has 2 nitrogen and oxygen atoms in total. The normalized spacial score (nSPS) is 12.0. The van der Waals surface area contributed by atoms with E-state index in [1.54, 1.807) is 12.1 Å². The quantitative estimate of drug-likeness (QED) is 0.796. The first-order chi connectivity index (χ1) is 6.49. The van der Waals surface area contributed by atoms with Crippen LogP contribution in [0.5, 0.6) is 0 Å². The highest BCUT2D eigenvalue weighted by molar-refractivity contribution is 9.10. The van der Waals surface area contributed by atoms with Gasteiger partial charge in [-0.25, -0.2) is 8.42 Å². The van der Waals surface area contributed by atoms with Crippen molar-refractivity contribution in [2.24, 2.45) is 0 Å². The molecule has 0 spiro atoms. The van der Waals surface area contributed by atoms with Crippen LogP contribution in [-0.4, -0.2) is 13.1 Å². The topological polar surface area (TPSA) is 34.1 Å². The summed E-state index contributed by atoms with van der Waals surface area (Å²) < 4.78 is 23.3. The summed E-state index contributed by atoms with van der Waals surface area (Å²) in [5.41, 5.74) is 0.881. The van der Waals surface area contributed by atoms with Crippen molar-refractivity contribution in [1.82, 2.24) is 0 Å². The summed E-state index contributed by atoms with van der Waals surface area (Å²) in [6.07, 6.45) is 0. The van der Waals surface area contributed by atoms with Crippen molar-refractivity contribution < 1.29 is 8.42 Å². The smallest absolute Gasteiger partial charge is 0.188 e. The fourth-order valence-electron chi connectivity index (χ4n) is 1.30. The van der Waals surface area contributed by atoms with Crippen LogP contribution in [0, 0.1) is 0 Å². The molecule has 0 N–H and O–H groups in total. The summed E-state index contributed by atoms with van der Waals surface area (Å²) in [5.74, 6) is 0.222. The number of rotatable bonds is 3. The summed E-state index contributed by atoms with van der Waals surface area (Å²) in [4.78, 5) is 0.437. The van der Waals surface area contributed by atoms with Crippen molar-refractivity contribution in [1.29, 1.82) is 0 Å². The second-order valence-electron chi connectivity index (χ2n) is 3.42. The van der Waals surface area contributed by atoms with Crippen LogP contribution in [-0.2, 0) is 9.84 Å². The highest BCUT2D eigenvalue weighted by atomic mass is 79.9. The molecule has 0 bridgehead atoms. The minimum Gasteiger partial charge on any atom is -0.223 e. The molecule has 0 radical (unpaired) electrons. The maximum atomic E-state index is 11.7. The molecule has 0 saturated heterocycles. The van der Waals surface area contributed by atoms with E-state index < -0.39 is 9.84 Å². The van der Waals surface area contributed by atoms with Crippen molar-refractivity contribution in [2.75, 3.05) is 4.66 Å². The zero-order chi connectivity index (χ0) is 10.8. The average Bonchev–Trinajstić information content (AvgIpc) is 2.18. The highest BCUT2D eigenvalue weighted by Gasteiger charge is 2.17. The number of benzene rings is 1. The molecular formula is C10H13BrO2S. The van der Waals surface area contributed by atoms with E-state index in [0.29, 0.717) is 4.90 Å². The Morgan fingerprint density at radius 2 is 1.86 bits per heavy atom. The monoisotopic (exact) mass is 276 g/mol. The summed E-state index contributed by atoms with van der Waals surface area (Å²) in [5, 5.41) is 0. The van der Waals surface area contributed by atoms with Crippen LogP contribution in [0.15, 0.2) is 29.2 Å². The summed E-state index contributed by atoms with van der Waals surface area (Å²) >= 11 is 3.00. The van der Waals surface area contributed by atoms with E-state index in [2.05, 4.69) is 15.9 Å². The molecule has 4 heteroatoms. The van der Waals surface area contributed by atoms with Gasteiger partial charge in [0.2, 0.25) is 0 Å². The SMILES string of the molecule is CC(C)c1ccccc1S(=O)(=O)CBr. The van der Waals surface area contributed by atoms with E-state index in [1.807, 2.05) is 26.0 Å². The van der Waals surface area contributed by atoms with Gasteiger partial charge in [0.05, 0.1) is 4.90 Å². The molecule has 0 saturated carbocycles. The molecule has 1 aromatic carbocycles. The lowest BCUT2D eigenvalue weighted by atomic mass is 10.0. The van der Waals surface area contributed by atoms with E-state index in [1.165, 1.54) is 0 Å². The molecule has 0 unspecified atom stereocenters. The molecule has 0 amide bonds.